The molecule has 1 aliphatic rings. The van der Waals surface area contributed by atoms with E-state index >= 15 is 0 Å². The molecule has 0 aliphatic heterocycles. The number of aromatic nitrogens is 4. The second-order valence-corrected chi connectivity index (χ2v) is 6.36. The molecule has 2 heterocycles. The number of carbonyl (C=O) groups is 1. The molecule has 0 saturated heterocycles. The minimum Gasteiger partial charge on any atom is -0.460 e. The van der Waals surface area contributed by atoms with Crippen molar-refractivity contribution in [1.82, 2.24) is 25.3 Å². The van der Waals surface area contributed by atoms with Crippen molar-refractivity contribution >= 4 is 16.9 Å². The first-order valence-electron chi connectivity index (χ1n) is 8.73. The van der Waals surface area contributed by atoms with E-state index in [2.05, 4.69) is 25.3 Å². The van der Waals surface area contributed by atoms with Crippen molar-refractivity contribution in [2.75, 3.05) is 0 Å². The first-order chi connectivity index (χ1) is 12.8. The highest BCUT2D eigenvalue weighted by Gasteiger charge is 2.24. The van der Waals surface area contributed by atoms with Crippen LogP contribution in [0.5, 0.6) is 6.01 Å². The molecule has 1 aliphatic carbocycles. The molecule has 0 spiro atoms. The largest absolute Gasteiger partial charge is 0.460 e. The van der Waals surface area contributed by atoms with Gasteiger partial charge < -0.3 is 10.1 Å². The van der Waals surface area contributed by atoms with Crippen molar-refractivity contribution < 1.29 is 9.53 Å². The summed E-state index contributed by atoms with van der Waals surface area (Å²) in [5.74, 6) is -0.0756. The van der Waals surface area contributed by atoms with Crippen LogP contribution in [-0.2, 0) is 0 Å². The first-order valence-corrected chi connectivity index (χ1v) is 8.73. The zero-order chi connectivity index (χ0) is 17.8. The average molecular weight is 349 g/mol. The van der Waals surface area contributed by atoms with Crippen molar-refractivity contribution in [2.24, 2.45) is 0 Å². The van der Waals surface area contributed by atoms with Gasteiger partial charge in [0, 0.05) is 36.4 Å². The van der Waals surface area contributed by atoms with Crippen LogP contribution in [0.15, 0.2) is 49.1 Å². The smallest absolute Gasteiger partial charge is 0.316 e. The van der Waals surface area contributed by atoms with E-state index in [-0.39, 0.29) is 18.1 Å². The van der Waals surface area contributed by atoms with Crippen molar-refractivity contribution in [3.63, 3.8) is 0 Å². The molecule has 1 amide bonds. The summed E-state index contributed by atoms with van der Waals surface area (Å²) >= 11 is 0. The SMILES string of the molecule is O=C(NC1CCC(Oc2ncccn2)CC1)c1ccc2nccnc2c1. The quantitative estimate of drug-likeness (QED) is 0.778. The lowest BCUT2D eigenvalue weighted by Crippen LogP contribution is -2.39. The summed E-state index contributed by atoms with van der Waals surface area (Å²) in [7, 11) is 0. The molecular weight excluding hydrogens is 330 g/mol. The van der Waals surface area contributed by atoms with Crippen molar-refractivity contribution in [3.8, 4) is 6.01 Å². The molecular formula is C19H19N5O2. The average Bonchev–Trinajstić information content (AvgIpc) is 2.70. The molecule has 3 aromatic rings. The Morgan fingerprint density at radius 3 is 2.42 bits per heavy atom. The first kappa shape index (κ1) is 16.4. The Labute approximate surface area is 150 Å². The Morgan fingerprint density at radius 2 is 1.65 bits per heavy atom. The van der Waals surface area contributed by atoms with E-state index < -0.39 is 0 Å². The number of amides is 1. The van der Waals surface area contributed by atoms with E-state index in [0.717, 1.165) is 36.7 Å². The van der Waals surface area contributed by atoms with Crippen molar-refractivity contribution in [2.45, 2.75) is 37.8 Å². The second-order valence-electron chi connectivity index (χ2n) is 6.36. The maximum atomic E-state index is 12.5. The third-order valence-corrected chi connectivity index (χ3v) is 4.56. The van der Waals surface area contributed by atoms with Crippen molar-refractivity contribution in [1.29, 1.82) is 0 Å². The van der Waals surface area contributed by atoms with Gasteiger partial charge in [-0.3, -0.25) is 14.8 Å². The molecule has 1 fully saturated rings. The number of nitrogens with one attached hydrogen (secondary N) is 1. The highest BCUT2D eigenvalue weighted by molar-refractivity contribution is 5.97. The number of ether oxygens (including phenoxy) is 1. The predicted octanol–water partition coefficient (Wildman–Crippen LogP) is 2.54. The van der Waals surface area contributed by atoms with Crippen LogP contribution in [0.25, 0.3) is 11.0 Å². The van der Waals surface area contributed by atoms with Crippen LogP contribution in [0.2, 0.25) is 0 Å². The van der Waals surface area contributed by atoms with Gasteiger partial charge in [-0.25, -0.2) is 9.97 Å². The van der Waals surface area contributed by atoms with Gasteiger partial charge in [0.15, 0.2) is 0 Å². The van der Waals surface area contributed by atoms with Gasteiger partial charge in [-0.05, 0) is 49.9 Å². The lowest BCUT2D eigenvalue weighted by atomic mass is 9.92. The summed E-state index contributed by atoms with van der Waals surface area (Å²) in [5, 5.41) is 3.11. The maximum Gasteiger partial charge on any atom is 0.316 e. The Kier molecular flexibility index (Phi) is 4.68. The molecule has 0 unspecified atom stereocenters. The Hall–Kier alpha value is -3.09. The summed E-state index contributed by atoms with van der Waals surface area (Å²) in [5.41, 5.74) is 2.11. The van der Waals surface area contributed by atoms with Gasteiger partial charge in [0.1, 0.15) is 6.10 Å². The molecule has 7 heteroatoms. The van der Waals surface area contributed by atoms with Gasteiger partial charge in [-0.2, -0.15) is 0 Å². The summed E-state index contributed by atoms with van der Waals surface area (Å²) < 4.78 is 5.79. The normalized spacial score (nSPS) is 19.8. The fourth-order valence-electron chi connectivity index (χ4n) is 3.19. The molecule has 132 valence electrons. The molecule has 1 aromatic carbocycles. The van der Waals surface area contributed by atoms with Crippen LogP contribution in [0.3, 0.4) is 0 Å². The topological polar surface area (TPSA) is 89.9 Å². The third-order valence-electron chi connectivity index (χ3n) is 4.56. The number of nitrogens with zero attached hydrogens (tertiary/aromatic N) is 4. The lowest BCUT2D eigenvalue weighted by molar-refractivity contribution is 0.0885. The Morgan fingerprint density at radius 1 is 0.923 bits per heavy atom. The molecule has 0 bridgehead atoms. The summed E-state index contributed by atoms with van der Waals surface area (Å²) in [6.45, 7) is 0. The van der Waals surface area contributed by atoms with E-state index in [9.17, 15) is 4.79 Å². The van der Waals surface area contributed by atoms with Gasteiger partial charge >= 0.3 is 6.01 Å². The molecule has 0 radical (unpaired) electrons. The number of benzene rings is 1. The summed E-state index contributed by atoms with van der Waals surface area (Å²) in [6.07, 6.45) is 10.2. The highest BCUT2D eigenvalue weighted by atomic mass is 16.5. The molecule has 1 N–H and O–H groups in total. The zero-order valence-electron chi connectivity index (χ0n) is 14.2. The monoisotopic (exact) mass is 349 g/mol. The molecule has 7 nitrogen and oxygen atoms in total. The fraction of sp³-hybridized carbons (Fsp3) is 0.316. The highest BCUT2D eigenvalue weighted by Crippen LogP contribution is 2.22. The van der Waals surface area contributed by atoms with Gasteiger partial charge in [0.25, 0.3) is 5.91 Å². The van der Waals surface area contributed by atoms with Gasteiger partial charge in [-0.1, -0.05) is 0 Å². The minimum atomic E-state index is -0.0756. The summed E-state index contributed by atoms with van der Waals surface area (Å²) in [4.78, 5) is 29.2. The molecule has 4 rings (SSSR count). The zero-order valence-corrected chi connectivity index (χ0v) is 14.2. The molecule has 1 saturated carbocycles. The van der Waals surface area contributed by atoms with Crippen LogP contribution < -0.4 is 10.1 Å². The van der Waals surface area contributed by atoms with E-state index in [0.29, 0.717) is 11.6 Å². The van der Waals surface area contributed by atoms with Gasteiger partial charge in [-0.15, -0.1) is 0 Å². The van der Waals surface area contributed by atoms with Crippen LogP contribution >= 0.6 is 0 Å². The van der Waals surface area contributed by atoms with E-state index in [1.54, 1.807) is 43.0 Å². The number of hydrogen-bond acceptors (Lipinski definition) is 6. The molecule has 0 atom stereocenters. The lowest BCUT2D eigenvalue weighted by Gasteiger charge is -2.28. The number of hydrogen-bond donors (Lipinski definition) is 1. The number of rotatable bonds is 4. The fourth-order valence-corrected chi connectivity index (χ4v) is 3.19. The predicted molar refractivity (Wildman–Crippen MR) is 95.7 cm³/mol. The van der Waals surface area contributed by atoms with Crippen molar-refractivity contribution in [3.05, 3.63) is 54.6 Å². The van der Waals surface area contributed by atoms with E-state index in [1.807, 2.05) is 6.07 Å². The maximum absolute atomic E-state index is 12.5. The minimum absolute atomic E-state index is 0.0756. The second kappa shape index (κ2) is 7.43. The third kappa shape index (κ3) is 3.77. The summed E-state index contributed by atoms with van der Waals surface area (Å²) in [6, 6.07) is 7.71. The van der Waals surface area contributed by atoms with Crippen LogP contribution in [0, 0.1) is 0 Å². The standard InChI is InChI=1S/C19H19N5O2/c25-18(13-2-7-16-17(12-13)21-11-10-20-16)24-14-3-5-15(6-4-14)26-19-22-8-1-9-23-19/h1-2,7-12,14-15H,3-6H2,(H,24,25). The van der Waals surface area contributed by atoms with Crippen LogP contribution in [0.1, 0.15) is 36.0 Å². The van der Waals surface area contributed by atoms with Gasteiger partial charge in [0.2, 0.25) is 0 Å². The Balaban J connectivity index is 1.32. The van der Waals surface area contributed by atoms with E-state index in [1.165, 1.54) is 0 Å². The van der Waals surface area contributed by atoms with Crippen LogP contribution in [0.4, 0.5) is 0 Å². The van der Waals surface area contributed by atoms with Gasteiger partial charge in [0.05, 0.1) is 11.0 Å². The van der Waals surface area contributed by atoms with E-state index in [4.69, 9.17) is 4.74 Å². The number of fused-ring (bicyclic) bond motifs is 1. The number of carbonyl (C=O) groups excluding carboxylic acids is 1. The van der Waals surface area contributed by atoms with Crippen LogP contribution in [-0.4, -0.2) is 38.0 Å². The molecule has 2 aromatic heterocycles. The molecule has 26 heavy (non-hydrogen) atoms. The Bertz CT molecular complexity index is 895.